The predicted octanol–water partition coefficient (Wildman–Crippen LogP) is 3.06. The standard InChI is InChI=1S/C14H17Cl2N3/c1-19-13(17-11-18-19)8-14(9-15,10-16)7-12-5-3-2-4-6-12/h2-6,11H,7-10H2,1H3. The summed E-state index contributed by atoms with van der Waals surface area (Å²) < 4.78 is 1.78. The molecule has 0 aliphatic carbocycles. The van der Waals surface area contributed by atoms with Crippen LogP contribution in [0.4, 0.5) is 0 Å². The molecule has 0 radical (unpaired) electrons. The molecule has 1 aromatic carbocycles. The SMILES string of the molecule is Cn1ncnc1CC(CCl)(CCl)Cc1ccccc1. The van der Waals surface area contributed by atoms with Gasteiger partial charge in [0.15, 0.2) is 0 Å². The molecular formula is C14H17Cl2N3. The topological polar surface area (TPSA) is 30.7 Å². The second-order valence-electron chi connectivity index (χ2n) is 4.91. The summed E-state index contributed by atoms with van der Waals surface area (Å²) in [5.41, 5.74) is 1.05. The highest BCUT2D eigenvalue weighted by atomic mass is 35.5. The first-order chi connectivity index (χ1) is 9.19. The van der Waals surface area contributed by atoms with Crippen molar-refractivity contribution in [2.75, 3.05) is 11.8 Å². The van der Waals surface area contributed by atoms with Gasteiger partial charge in [0.2, 0.25) is 0 Å². The van der Waals surface area contributed by atoms with E-state index in [-0.39, 0.29) is 5.41 Å². The summed E-state index contributed by atoms with van der Waals surface area (Å²) in [4.78, 5) is 4.27. The maximum atomic E-state index is 6.20. The fourth-order valence-electron chi connectivity index (χ4n) is 2.13. The number of hydrogen-bond acceptors (Lipinski definition) is 2. The second kappa shape index (κ2) is 6.40. The molecule has 0 spiro atoms. The van der Waals surface area contributed by atoms with E-state index in [0.717, 1.165) is 18.7 Å². The minimum absolute atomic E-state index is 0.189. The molecule has 2 aromatic rings. The van der Waals surface area contributed by atoms with Gasteiger partial charge in [-0.15, -0.1) is 23.2 Å². The monoisotopic (exact) mass is 297 g/mol. The molecule has 0 aliphatic rings. The average Bonchev–Trinajstić information content (AvgIpc) is 2.84. The Hall–Kier alpha value is -1.06. The van der Waals surface area contributed by atoms with Crippen LogP contribution in [0.5, 0.6) is 0 Å². The molecule has 0 fully saturated rings. The van der Waals surface area contributed by atoms with Crippen molar-refractivity contribution < 1.29 is 0 Å². The van der Waals surface area contributed by atoms with Crippen molar-refractivity contribution >= 4 is 23.2 Å². The number of halogens is 2. The number of rotatable bonds is 6. The third-order valence-electron chi connectivity index (χ3n) is 3.33. The largest absolute Gasteiger partial charge is 0.253 e. The molecule has 0 atom stereocenters. The molecule has 0 bridgehead atoms. The van der Waals surface area contributed by atoms with Crippen LogP contribution >= 0.6 is 23.2 Å². The Bertz CT molecular complexity index is 506. The maximum Gasteiger partial charge on any atom is 0.138 e. The molecule has 0 N–H and O–H groups in total. The first-order valence-electron chi connectivity index (χ1n) is 6.18. The molecule has 19 heavy (non-hydrogen) atoms. The summed E-state index contributed by atoms with van der Waals surface area (Å²) >= 11 is 12.4. The number of nitrogens with zero attached hydrogens (tertiary/aromatic N) is 3. The van der Waals surface area contributed by atoms with Gasteiger partial charge in [0.05, 0.1) is 0 Å². The van der Waals surface area contributed by atoms with Gasteiger partial charge in [0.25, 0.3) is 0 Å². The first kappa shape index (κ1) is 14.4. The zero-order chi connectivity index (χ0) is 13.7. The van der Waals surface area contributed by atoms with E-state index in [1.807, 2.05) is 25.2 Å². The van der Waals surface area contributed by atoms with Gasteiger partial charge in [-0.25, -0.2) is 4.98 Å². The Morgan fingerprint density at radius 3 is 2.32 bits per heavy atom. The molecule has 2 rings (SSSR count). The van der Waals surface area contributed by atoms with Crippen LogP contribution in [0.2, 0.25) is 0 Å². The molecule has 102 valence electrons. The van der Waals surface area contributed by atoms with Gasteiger partial charge in [-0.05, 0) is 12.0 Å². The quantitative estimate of drug-likeness (QED) is 0.767. The Kier molecular flexibility index (Phi) is 4.83. The van der Waals surface area contributed by atoms with Crippen molar-refractivity contribution in [3.05, 3.63) is 48.0 Å². The van der Waals surface area contributed by atoms with Crippen LogP contribution in [0.1, 0.15) is 11.4 Å². The molecule has 0 unspecified atom stereocenters. The van der Waals surface area contributed by atoms with E-state index >= 15 is 0 Å². The Balaban J connectivity index is 2.20. The fourth-order valence-corrected chi connectivity index (χ4v) is 2.80. The smallest absolute Gasteiger partial charge is 0.138 e. The van der Waals surface area contributed by atoms with E-state index in [0.29, 0.717) is 11.8 Å². The van der Waals surface area contributed by atoms with Crippen molar-refractivity contribution in [1.29, 1.82) is 0 Å². The normalized spacial score (nSPS) is 11.7. The number of hydrogen-bond donors (Lipinski definition) is 0. The van der Waals surface area contributed by atoms with Crippen molar-refractivity contribution in [3.63, 3.8) is 0 Å². The van der Waals surface area contributed by atoms with Crippen molar-refractivity contribution in [2.24, 2.45) is 12.5 Å². The molecular weight excluding hydrogens is 281 g/mol. The third kappa shape index (κ3) is 3.48. The van der Waals surface area contributed by atoms with Crippen LogP contribution in [-0.4, -0.2) is 26.5 Å². The summed E-state index contributed by atoms with van der Waals surface area (Å²) in [7, 11) is 1.89. The zero-order valence-corrected chi connectivity index (χ0v) is 12.4. The van der Waals surface area contributed by atoms with E-state index in [4.69, 9.17) is 23.2 Å². The predicted molar refractivity (Wildman–Crippen MR) is 78.7 cm³/mol. The highest BCUT2D eigenvalue weighted by Crippen LogP contribution is 2.30. The van der Waals surface area contributed by atoms with Gasteiger partial charge >= 0.3 is 0 Å². The zero-order valence-electron chi connectivity index (χ0n) is 10.9. The lowest BCUT2D eigenvalue weighted by molar-refractivity contribution is 0.359. The van der Waals surface area contributed by atoms with Gasteiger partial charge in [0, 0.05) is 30.6 Å². The number of benzene rings is 1. The van der Waals surface area contributed by atoms with Crippen LogP contribution < -0.4 is 0 Å². The summed E-state index contributed by atoms with van der Waals surface area (Å²) in [6.07, 6.45) is 3.13. The first-order valence-corrected chi connectivity index (χ1v) is 7.25. The summed E-state index contributed by atoms with van der Waals surface area (Å²) in [5.74, 6) is 1.91. The van der Waals surface area contributed by atoms with Gasteiger partial charge in [-0.3, -0.25) is 4.68 Å². The average molecular weight is 298 g/mol. The van der Waals surface area contributed by atoms with Gasteiger partial charge < -0.3 is 0 Å². The van der Waals surface area contributed by atoms with Crippen LogP contribution in [0.3, 0.4) is 0 Å². The highest BCUT2D eigenvalue weighted by molar-refractivity contribution is 6.21. The van der Waals surface area contributed by atoms with E-state index in [2.05, 4.69) is 22.2 Å². The van der Waals surface area contributed by atoms with Crippen LogP contribution in [-0.2, 0) is 19.9 Å². The number of alkyl halides is 2. The Morgan fingerprint density at radius 1 is 1.11 bits per heavy atom. The lowest BCUT2D eigenvalue weighted by atomic mass is 9.82. The van der Waals surface area contributed by atoms with Crippen molar-refractivity contribution in [1.82, 2.24) is 14.8 Å². The molecule has 0 saturated heterocycles. The molecule has 1 aromatic heterocycles. The number of aromatic nitrogens is 3. The lowest BCUT2D eigenvalue weighted by Crippen LogP contribution is -2.32. The highest BCUT2D eigenvalue weighted by Gasteiger charge is 2.31. The minimum atomic E-state index is -0.189. The second-order valence-corrected chi connectivity index (χ2v) is 5.44. The Morgan fingerprint density at radius 2 is 1.79 bits per heavy atom. The van der Waals surface area contributed by atoms with Gasteiger partial charge in [0.1, 0.15) is 12.2 Å². The Labute approximate surface area is 123 Å². The molecule has 1 heterocycles. The summed E-state index contributed by atoms with van der Waals surface area (Å²) in [5, 5.41) is 4.10. The molecule has 0 aliphatic heterocycles. The minimum Gasteiger partial charge on any atom is -0.253 e. The number of aryl methyl sites for hydroxylation is 1. The molecule has 5 heteroatoms. The van der Waals surface area contributed by atoms with Gasteiger partial charge in [-0.1, -0.05) is 30.3 Å². The van der Waals surface area contributed by atoms with E-state index in [1.54, 1.807) is 11.0 Å². The summed E-state index contributed by atoms with van der Waals surface area (Å²) in [6.45, 7) is 0. The molecule has 0 amide bonds. The molecule has 3 nitrogen and oxygen atoms in total. The van der Waals surface area contributed by atoms with Crippen LogP contribution in [0.25, 0.3) is 0 Å². The van der Waals surface area contributed by atoms with E-state index < -0.39 is 0 Å². The van der Waals surface area contributed by atoms with Crippen molar-refractivity contribution in [3.8, 4) is 0 Å². The van der Waals surface area contributed by atoms with E-state index in [9.17, 15) is 0 Å². The van der Waals surface area contributed by atoms with Crippen molar-refractivity contribution in [2.45, 2.75) is 12.8 Å². The maximum absolute atomic E-state index is 6.20. The van der Waals surface area contributed by atoms with Gasteiger partial charge in [-0.2, -0.15) is 5.10 Å². The van der Waals surface area contributed by atoms with Crippen LogP contribution in [0.15, 0.2) is 36.7 Å². The third-order valence-corrected chi connectivity index (χ3v) is 4.46. The van der Waals surface area contributed by atoms with Crippen LogP contribution in [0, 0.1) is 5.41 Å². The summed E-state index contributed by atoms with van der Waals surface area (Å²) in [6, 6.07) is 10.3. The van der Waals surface area contributed by atoms with E-state index in [1.165, 1.54) is 5.56 Å². The molecule has 0 saturated carbocycles. The fraction of sp³-hybridized carbons (Fsp3) is 0.429. The lowest BCUT2D eigenvalue weighted by Gasteiger charge is -2.29.